The predicted molar refractivity (Wildman–Crippen MR) is 99.6 cm³/mol. The average Bonchev–Trinajstić information content (AvgIpc) is 2.87. The Labute approximate surface area is 165 Å². The highest BCUT2D eigenvalue weighted by molar-refractivity contribution is 8.13. The third-order valence-corrected chi connectivity index (χ3v) is 5.38. The first-order valence-electron chi connectivity index (χ1n) is 8.41. The van der Waals surface area contributed by atoms with Crippen molar-refractivity contribution in [1.29, 1.82) is 0 Å². The summed E-state index contributed by atoms with van der Waals surface area (Å²) in [5, 5.41) is -0.146. The summed E-state index contributed by atoms with van der Waals surface area (Å²) in [7, 11) is 1.21. The first kappa shape index (κ1) is 19.8. The fourth-order valence-corrected chi connectivity index (χ4v) is 3.96. The lowest BCUT2D eigenvalue weighted by atomic mass is 9.98. The molecule has 0 bridgehead atoms. The van der Waals surface area contributed by atoms with Crippen molar-refractivity contribution in [2.75, 3.05) is 13.7 Å². The first-order valence-corrected chi connectivity index (χ1v) is 9.23. The molecule has 2 heterocycles. The van der Waals surface area contributed by atoms with Gasteiger partial charge in [0.05, 0.1) is 24.8 Å². The maximum Gasteiger partial charge on any atom is 0.332 e. The average molecular weight is 402 g/mol. The molecule has 0 aromatic heterocycles. The number of amides is 3. The minimum absolute atomic E-state index is 0.0198. The molecule has 0 radical (unpaired) electrons. The molecule has 3 rings (SSSR count). The molecule has 0 N–H and O–H groups in total. The molecular formula is C19H18N2O6S. The molecule has 2 atom stereocenters. The molecule has 2 aliphatic heterocycles. The van der Waals surface area contributed by atoms with Gasteiger partial charge in [-0.1, -0.05) is 18.3 Å². The predicted octanol–water partition coefficient (Wildman–Crippen LogP) is 1.25. The topological polar surface area (TPSA) is 101 Å². The Morgan fingerprint density at radius 1 is 1.18 bits per heavy atom. The van der Waals surface area contributed by atoms with Gasteiger partial charge < -0.3 is 9.64 Å². The van der Waals surface area contributed by atoms with Crippen molar-refractivity contribution in [2.24, 2.45) is 0 Å². The molecule has 9 heteroatoms. The van der Waals surface area contributed by atoms with Gasteiger partial charge in [-0.15, -0.1) is 0 Å². The number of benzene rings is 1. The summed E-state index contributed by atoms with van der Waals surface area (Å²) in [5.74, 6) is -2.31. The number of imide groups is 1. The van der Waals surface area contributed by atoms with Crippen LogP contribution in [0.25, 0.3) is 0 Å². The molecule has 0 saturated carbocycles. The summed E-state index contributed by atoms with van der Waals surface area (Å²) in [5.41, 5.74) is 0.771. The van der Waals surface area contributed by atoms with Gasteiger partial charge >= 0.3 is 5.97 Å². The van der Waals surface area contributed by atoms with E-state index in [4.69, 9.17) is 4.74 Å². The van der Waals surface area contributed by atoms with Crippen LogP contribution in [0.2, 0.25) is 0 Å². The number of esters is 1. The summed E-state index contributed by atoms with van der Waals surface area (Å²) in [6.07, 6.45) is 0. The van der Waals surface area contributed by atoms with E-state index in [1.165, 1.54) is 31.1 Å². The molecule has 1 fully saturated rings. The van der Waals surface area contributed by atoms with E-state index < -0.39 is 35.8 Å². The second-order valence-electron chi connectivity index (χ2n) is 6.56. The summed E-state index contributed by atoms with van der Waals surface area (Å²) < 4.78 is 4.71. The molecule has 2 unspecified atom stereocenters. The number of nitrogens with zero attached hydrogens (tertiary/aromatic N) is 2. The van der Waals surface area contributed by atoms with Crippen LogP contribution in [0.1, 0.15) is 34.6 Å². The summed E-state index contributed by atoms with van der Waals surface area (Å²) in [6.45, 7) is 6.72. The number of carbonyl (C=O) groups excluding carboxylic acids is 5. The van der Waals surface area contributed by atoms with E-state index in [1.807, 2.05) is 0 Å². The Bertz CT molecular complexity index is 940. The van der Waals surface area contributed by atoms with E-state index in [0.29, 0.717) is 10.5 Å². The van der Waals surface area contributed by atoms with Crippen LogP contribution in [0.4, 0.5) is 0 Å². The van der Waals surface area contributed by atoms with Gasteiger partial charge in [-0.3, -0.25) is 24.1 Å². The van der Waals surface area contributed by atoms with Crippen LogP contribution in [-0.2, 0) is 19.1 Å². The zero-order chi connectivity index (χ0) is 20.7. The standard InChI is InChI=1S/C19H18N2O6S/c1-9(2)15(19(26)27-4)20-8-14(18(20)25)21-16(23)12-6-5-11(28-10(3)22)7-13(12)17(21)24/h5-7,14-15H,1,8H2,2-4H3. The lowest BCUT2D eigenvalue weighted by Crippen LogP contribution is -2.68. The van der Waals surface area contributed by atoms with Gasteiger partial charge in [-0.05, 0) is 30.7 Å². The number of likely N-dealkylation sites (tertiary alicyclic amines) is 1. The zero-order valence-electron chi connectivity index (χ0n) is 15.6. The quantitative estimate of drug-likeness (QED) is 0.240. The maximum atomic E-state index is 12.8. The lowest BCUT2D eigenvalue weighted by Gasteiger charge is -2.45. The van der Waals surface area contributed by atoms with Crippen molar-refractivity contribution in [3.05, 3.63) is 41.5 Å². The summed E-state index contributed by atoms with van der Waals surface area (Å²) >= 11 is 0.954. The number of ether oxygens (including phenoxy) is 1. The van der Waals surface area contributed by atoms with Crippen molar-refractivity contribution in [2.45, 2.75) is 30.8 Å². The van der Waals surface area contributed by atoms with E-state index in [1.54, 1.807) is 13.0 Å². The first-order chi connectivity index (χ1) is 13.2. The van der Waals surface area contributed by atoms with Gasteiger partial charge in [0, 0.05) is 11.8 Å². The van der Waals surface area contributed by atoms with Crippen molar-refractivity contribution >= 4 is 40.6 Å². The highest BCUT2D eigenvalue weighted by Crippen LogP contribution is 2.33. The third-order valence-electron chi connectivity index (χ3n) is 4.60. The van der Waals surface area contributed by atoms with Crippen molar-refractivity contribution in [3.63, 3.8) is 0 Å². The molecular weight excluding hydrogens is 384 g/mol. The van der Waals surface area contributed by atoms with Crippen LogP contribution < -0.4 is 0 Å². The molecule has 146 valence electrons. The highest BCUT2D eigenvalue weighted by atomic mass is 32.2. The normalized spacial score (nSPS) is 19.2. The van der Waals surface area contributed by atoms with Gasteiger partial charge in [-0.2, -0.15) is 0 Å². The largest absolute Gasteiger partial charge is 0.467 e. The number of hydrogen-bond donors (Lipinski definition) is 0. The number of rotatable bonds is 5. The molecule has 28 heavy (non-hydrogen) atoms. The number of hydrogen-bond acceptors (Lipinski definition) is 7. The van der Waals surface area contributed by atoms with E-state index in [2.05, 4.69) is 6.58 Å². The molecule has 1 aromatic carbocycles. The van der Waals surface area contributed by atoms with Crippen molar-refractivity contribution < 1.29 is 28.7 Å². The second kappa shape index (κ2) is 7.23. The monoisotopic (exact) mass is 402 g/mol. The van der Waals surface area contributed by atoms with Crippen LogP contribution in [0, 0.1) is 0 Å². The van der Waals surface area contributed by atoms with E-state index in [0.717, 1.165) is 16.7 Å². The smallest absolute Gasteiger partial charge is 0.332 e. The van der Waals surface area contributed by atoms with E-state index in [9.17, 15) is 24.0 Å². The Kier molecular flexibility index (Phi) is 5.12. The molecule has 2 aliphatic rings. The number of fused-ring (bicyclic) bond motifs is 1. The molecule has 1 aromatic rings. The summed E-state index contributed by atoms with van der Waals surface area (Å²) in [4.78, 5) is 64.0. The third kappa shape index (κ3) is 3.11. The Morgan fingerprint density at radius 2 is 1.82 bits per heavy atom. The molecule has 0 spiro atoms. The molecule has 0 aliphatic carbocycles. The number of carbonyl (C=O) groups is 5. The van der Waals surface area contributed by atoms with Crippen molar-refractivity contribution in [1.82, 2.24) is 9.80 Å². The number of thioether (sulfide) groups is 1. The van der Waals surface area contributed by atoms with E-state index >= 15 is 0 Å². The number of methoxy groups -OCH3 is 1. The van der Waals surface area contributed by atoms with Gasteiger partial charge in [0.2, 0.25) is 5.91 Å². The fourth-order valence-electron chi connectivity index (χ4n) is 3.32. The Morgan fingerprint density at radius 3 is 2.36 bits per heavy atom. The number of β-lactam (4-membered cyclic amide) rings is 1. The van der Waals surface area contributed by atoms with Crippen LogP contribution in [-0.4, -0.2) is 64.3 Å². The van der Waals surface area contributed by atoms with E-state index in [-0.39, 0.29) is 22.8 Å². The summed E-state index contributed by atoms with van der Waals surface area (Å²) in [6, 6.07) is 2.61. The Hall–Kier alpha value is -2.94. The molecule has 1 saturated heterocycles. The van der Waals surface area contributed by atoms with Crippen molar-refractivity contribution in [3.8, 4) is 0 Å². The van der Waals surface area contributed by atoms with Gasteiger partial charge in [-0.25, -0.2) is 4.79 Å². The second-order valence-corrected chi connectivity index (χ2v) is 7.81. The van der Waals surface area contributed by atoms with Gasteiger partial charge in [0.25, 0.3) is 11.8 Å². The van der Waals surface area contributed by atoms with Crippen LogP contribution in [0.15, 0.2) is 35.2 Å². The fraction of sp³-hybridized carbons (Fsp3) is 0.316. The minimum Gasteiger partial charge on any atom is -0.467 e. The van der Waals surface area contributed by atoms with Crippen LogP contribution >= 0.6 is 11.8 Å². The molecule has 8 nitrogen and oxygen atoms in total. The maximum absolute atomic E-state index is 12.8. The lowest BCUT2D eigenvalue weighted by molar-refractivity contribution is -0.161. The SMILES string of the molecule is C=C(C)C(C(=O)OC)N1CC(N2C(=O)c3ccc(SC(C)=O)cc3C2=O)C1=O. The van der Waals surface area contributed by atoms with Gasteiger partial charge in [0.1, 0.15) is 6.04 Å². The highest BCUT2D eigenvalue weighted by Gasteiger charge is 2.52. The van der Waals surface area contributed by atoms with Gasteiger partial charge in [0.15, 0.2) is 11.2 Å². The minimum atomic E-state index is -0.984. The van der Waals surface area contributed by atoms with Crippen LogP contribution in [0.5, 0.6) is 0 Å². The molecule has 3 amide bonds. The Balaban J connectivity index is 1.82. The van der Waals surface area contributed by atoms with Crippen LogP contribution in [0.3, 0.4) is 0 Å². The zero-order valence-corrected chi connectivity index (χ0v) is 16.4.